The summed E-state index contributed by atoms with van der Waals surface area (Å²) in [5.74, 6) is 1.52. The molecule has 1 aromatic rings. The summed E-state index contributed by atoms with van der Waals surface area (Å²) in [5, 5.41) is 0.817. The van der Waals surface area contributed by atoms with Gasteiger partial charge in [0.15, 0.2) is 6.61 Å². The smallest absolute Gasteiger partial charge is 0.203 e. The van der Waals surface area contributed by atoms with Crippen molar-refractivity contribution in [2.45, 2.75) is 6.42 Å². The first-order chi connectivity index (χ1) is 7.27. The molecule has 0 saturated carbocycles. The van der Waals surface area contributed by atoms with Gasteiger partial charge in [0.25, 0.3) is 0 Å². The number of halogens is 1. The van der Waals surface area contributed by atoms with E-state index in [0.29, 0.717) is 11.3 Å². The minimum absolute atomic E-state index is 0.0449. The van der Waals surface area contributed by atoms with Gasteiger partial charge in [-0.3, -0.25) is 4.79 Å². The number of hydrogen-bond acceptors (Lipinski definition) is 3. The first-order valence-corrected chi connectivity index (χ1v) is 5.82. The van der Waals surface area contributed by atoms with E-state index in [1.54, 1.807) is 13.2 Å². The van der Waals surface area contributed by atoms with Crippen LogP contribution in [0.3, 0.4) is 0 Å². The van der Waals surface area contributed by atoms with E-state index in [-0.39, 0.29) is 12.4 Å². The zero-order chi connectivity index (χ0) is 10.8. The number of alkyl halides is 1. The lowest BCUT2D eigenvalue weighted by molar-refractivity contribution is 0.0961. The van der Waals surface area contributed by atoms with Crippen molar-refractivity contribution in [3.63, 3.8) is 0 Å². The number of Topliss-reactive ketones (excluding diaryl/α,β-unsaturated/α-hetero) is 1. The average molecular weight is 271 g/mol. The number of carbonyl (C=O) groups excluding carboxylic acids is 1. The number of methoxy groups -OCH3 is 1. The maximum Gasteiger partial charge on any atom is 0.203 e. The molecule has 0 N–H and O–H groups in total. The SMILES string of the molecule is COc1ccc2c(c1CCBr)OCC2=O. The zero-order valence-corrected chi connectivity index (χ0v) is 9.96. The molecule has 0 fully saturated rings. The Morgan fingerprint density at radius 2 is 2.33 bits per heavy atom. The van der Waals surface area contributed by atoms with Crippen molar-refractivity contribution in [1.29, 1.82) is 0 Å². The lowest BCUT2D eigenvalue weighted by Crippen LogP contribution is -1.98. The fourth-order valence-electron chi connectivity index (χ4n) is 1.73. The number of rotatable bonds is 3. The summed E-state index contributed by atoms with van der Waals surface area (Å²) in [5.41, 5.74) is 1.64. The summed E-state index contributed by atoms with van der Waals surface area (Å²) < 4.78 is 10.6. The van der Waals surface area contributed by atoms with E-state index in [2.05, 4.69) is 15.9 Å². The highest BCUT2D eigenvalue weighted by molar-refractivity contribution is 9.09. The van der Waals surface area contributed by atoms with Crippen LogP contribution in [-0.2, 0) is 6.42 Å². The van der Waals surface area contributed by atoms with Crippen LogP contribution >= 0.6 is 15.9 Å². The second kappa shape index (κ2) is 4.23. The van der Waals surface area contributed by atoms with Gasteiger partial charge in [-0.25, -0.2) is 0 Å². The molecule has 0 radical (unpaired) electrons. The molecule has 3 nitrogen and oxygen atoms in total. The number of carbonyl (C=O) groups is 1. The quantitative estimate of drug-likeness (QED) is 0.791. The van der Waals surface area contributed by atoms with E-state index >= 15 is 0 Å². The van der Waals surface area contributed by atoms with Gasteiger partial charge in [-0.1, -0.05) is 15.9 Å². The van der Waals surface area contributed by atoms with Crippen LogP contribution in [0.4, 0.5) is 0 Å². The van der Waals surface area contributed by atoms with Gasteiger partial charge in [-0.2, -0.15) is 0 Å². The molecule has 1 aliphatic heterocycles. The highest BCUT2D eigenvalue weighted by Gasteiger charge is 2.25. The molecule has 0 aliphatic carbocycles. The molecule has 4 heteroatoms. The van der Waals surface area contributed by atoms with Crippen molar-refractivity contribution < 1.29 is 14.3 Å². The molecular weight excluding hydrogens is 260 g/mol. The fourth-order valence-corrected chi connectivity index (χ4v) is 2.13. The van der Waals surface area contributed by atoms with Gasteiger partial charge in [0.2, 0.25) is 5.78 Å². The van der Waals surface area contributed by atoms with Gasteiger partial charge in [-0.15, -0.1) is 0 Å². The molecule has 0 bridgehead atoms. The second-order valence-electron chi connectivity index (χ2n) is 3.27. The average Bonchev–Trinajstić information content (AvgIpc) is 2.62. The molecule has 80 valence electrons. The topological polar surface area (TPSA) is 35.5 Å². The van der Waals surface area contributed by atoms with Crippen molar-refractivity contribution in [3.8, 4) is 11.5 Å². The Hall–Kier alpha value is -1.03. The number of hydrogen-bond donors (Lipinski definition) is 0. The molecule has 2 rings (SSSR count). The largest absolute Gasteiger partial charge is 0.496 e. The highest BCUT2D eigenvalue weighted by atomic mass is 79.9. The molecule has 0 saturated heterocycles. The summed E-state index contributed by atoms with van der Waals surface area (Å²) in [4.78, 5) is 11.4. The van der Waals surface area contributed by atoms with Gasteiger partial charge in [0.05, 0.1) is 12.7 Å². The Bertz CT molecular complexity index is 401. The first-order valence-electron chi connectivity index (χ1n) is 4.69. The van der Waals surface area contributed by atoms with Crippen LogP contribution in [0.5, 0.6) is 11.5 Å². The molecule has 0 spiro atoms. The Morgan fingerprint density at radius 1 is 1.53 bits per heavy atom. The normalized spacial score (nSPS) is 13.6. The highest BCUT2D eigenvalue weighted by Crippen LogP contribution is 2.36. The van der Waals surface area contributed by atoms with Crippen LogP contribution in [0.1, 0.15) is 15.9 Å². The standard InChI is InChI=1S/C11H11BrO3/c1-14-10-3-2-7-9(13)6-15-11(7)8(10)4-5-12/h2-3H,4-6H2,1H3. The Kier molecular flexibility index (Phi) is 2.95. The van der Waals surface area contributed by atoms with Crippen LogP contribution in [0.2, 0.25) is 0 Å². The van der Waals surface area contributed by atoms with Crippen LogP contribution in [0.15, 0.2) is 12.1 Å². The third-order valence-corrected chi connectivity index (χ3v) is 2.83. The molecule has 1 aliphatic rings. The molecule has 1 aromatic carbocycles. The van der Waals surface area contributed by atoms with Crippen LogP contribution in [0.25, 0.3) is 0 Å². The van der Waals surface area contributed by atoms with Crippen molar-refractivity contribution in [3.05, 3.63) is 23.3 Å². The van der Waals surface area contributed by atoms with Crippen LogP contribution in [-0.4, -0.2) is 24.8 Å². The maximum atomic E-state index is 11.4. The number of ketones is 1. The van der Waals surface area contributed by atoms with E-state index in [4.69, 9.17) is 9.47 Å². The summed E-state index contributed by atoms with van der Waals surface area (Å²) in [6, 6.07) is 3.59. The molecule has 0 aromatic heterocycles. The van der Waals surface area contributed by atoms with E-state index in [1.807, 2.05) is 6.07 Å². The molecule has 1 heterocycles. The number of fused-ring (bicyclic) bond motifs is 1. The summed E-state index contributed by atoms with van der Waals surface area (Å²) >= 11 is 3.38. The fraction of sp³-hybridized carbons (Fsp3) is 0.364. The van der Waals surface area contributed by atoms with Crippen molar-refractivity contribution in [1.82, 2.24) is 0 Å². The maximum absolute atomic E-state index is 11.4. The minimum atomic E-state index is 0.0449. The Balaban J connectivity index is 2.52. The molecule has 0 amide bonds. The van der Waals surface area contributed by atoms with E-state index in [0.717, 1.165) is 23.1 Å². The molecule has 0 unspecified atom stereocenters. The third-order valence-electron chi connectivity index (χ3n) is 2.43. The molecule has 15 heavy (non-hydrogen) atoms. The molecular formula is C11H11BrO3. The Labute approximate surface area is 96.5 Å². The molecule has 0 atom stereocenters. The predicted octanol–water partition coefficient (Wildman–Crippen LogP) is 2.21. The summed E-state index contributed by atoms with van der Waals surface area (Å²) in [7, 11) is 1.62. The van der Waals surface area contributed by atoms with Gasteiger partial charge in [0.1, 0.15) is 11.5 Å². The Morgan fingerprint density at radius 3 is 3.00 bits per heavy atom. The minimum Gasteiger partial charge on any atom is -0.496 e. The van der Waals surface area contributed by atoms with Crippen molar-refractivity contribution in [2.24, 2.45) is 0 Å². The predicted molar refractivity (Wildman–Crippen MR) is 60.3 cm³/mol. The monoisotopic (exact) mass is 270 g/mol. The second-order valence-corrected chi connectivity index (χ2v) is 4.07. The van der Waals surface area contributed by atoms with Crippen LogP contribution in [0, 0.1) is 0 Å². The van der Waals surface area contributed by atoms with Crippen LogP contribution < -0.4 is 9.47 Å². The van der Waals surface area contributed by atoms with Crippen molar-refractivity contribution in [2.75, 3.05) is 19.0 Å². The van der Waals surface area contributed by atoms with Crippen molar-refractivity contribution >= 4 is 21.7 Å². The van der Waals surface area contributed by atoms with E-state index in [9.17, 15) is 4.79 Å². The van der Waals surface area contributed by atoms with E-state index in [1.165, 1.54) is 0 Å². The lowest BCUT2D eigenvalue weighted by Gasteiger charge is -2.10. The number of ether oxygens (including phenoxy) is 2. The third kappa shape index (κ3) is 1.74. The number of benzene rings is 1. The van der Waals surface area contributed by atoms with Gasteiger partial charge in [0, 0.05) is 10.9 Å². The van der Waals surface area contributed by atoms with Gasteiger partial charge in [-0.05, 0) is 18.6 Å². The zero-order valence-electron chi connectivity index (χ0n) is 8.38. The van der Waals surface area contributed by atoms with Gasteiger partial charge < -0.3 is 9.47 Å². The lowest BCUT2D eigenvalue weighted by atomic mass is 10.0. The van der Waals surface area contributed by atoms with E-state index < -0.39 is 0 Å². The summed E-state index contributed by atoms with van der Waals surface area (Å²) in [6.07, 6.45) is 0.791. The summed E-state index contributed by atoms with van der Waals surface area (Å²) in [6.45, 7) is 0.151. The van der Waals surface area contributed by atoms with Gasteiger partial charge >= 0.3 is 0 Å². The first kappa shape index (κ1) is 10.5.